The van der Waals surface area contributed by atoms with Crippen LogP contribution in [0.5, 0.6) is 0 Å². The van der Waals surface area contributed by atoms with Crippen molar-refractivity contribution in [3.63, 3.8) is 0 Å². The van der Waals surface area contributed by atoms with Crippen LogP contribution in [-0.4, -0.2) is 36.3 Å². The van der Waals surface area contributed by atoms with Crippen LogP contribution in [0.15, 0.2) is 23.2 Å². The minimum atomic E-state index is -0.351. The van der Waals surface area contributed by atoms with Crippen molar-refractivity contribution in [3.8, 4) is 0 Å². The molecular weight excluding hydrogens is 340 g/mol. The SMILES string of the molecule is CCOCCn1c(=NC(=O)C(C)C)sc2cc(C(=O)OCC)ccc21. The number of carbonyl (C=O) groups is 2. The lowest BCUT2D eigenvalue weighted by Gasteiger charge is -2.06. The maximum Gasteiger partial charge on any atom is 0.338 e. The number of nitrogens with zero attached hydrogens (tertiary/aromatic N) is 2. The van der Waals surface area contributed by atoms with E-state index in [1.165, 1.54) is 11.3 Å². The molecule has 0 radical (unpaired) electrons. The molecule has 25 heavy (non-hydrogen) atoms. The molecule has 0 aliphatic heterocycles. The van der Waals surface area contributed by atoms with E-state index in [9.17, 15) is 9.59 Å². The number of aromatic nitrogens is 1. The molecule has 2 aromatic rings. The summed E-state index contributed by atoms with van der Waals surface area (Å²) in [6.45, 7) is 9.45. The second-order valence-corrected chi connectivity index (χ2v) is 6.75. The van der Waals surface area contributed by atoms with Crippen molar-refractivity contribution in [2.45, 2.75) is 34.2 Å². The van der Waals surface area contributed by atoms with Gasteiger partial charge in [0.1, 0.15) is 0 Å². The third kappa shape index (κ3) is 4.76. The van der Waals surface area contributed by atoms with Crippen molar-refractivity contribution in [1.82, 2.24) is 4.57 Å². The maximum atomic E-state index is 12.1. The Morgan fingerprint density at radius 2 is 2.00 bits per heavy atom. The van der Waals surface area contributed by atoms with Gasteiger partial charge in [-0.1, -0.05) is 25.2 Å². The first-order valence-electron chi connectivity index (χ1n) is 8.44. The first kappa shape index (κ1) is 19.3. The summed E-state index contributed by atoms with van der Waals surface area (Å²) in [5.41, 5.74) is 1.42. The minimum Gasteiger partial charge on any atom is -0.462 e. The van der Waals surface area contributed by atoms with E-state index in [1.54, 1.807) is 19.1 Å². The Morgan fingerprint density at radius 1 is 1.24 bits per heavy atom. The standard InChI is InChI=1S/C18H24N2O4S/c1-5-23-10-9-20-14-8-7-13(17(22)24-6-2)11-15(14)25-18(20)19-16(21)12(3)4/h7-8,11-12H,5-6,9-10H2,1-4H3. The van der Waals surface area contributed by atoms with Gasteiger partial charge in [-0.3, -0.25) is 4.79 Å². The molecule has 0 atom stereocenters. The van der Waals surface area contributed by atoms with Crippen LogP contribution >= 0.6 is 11.3 Å². The highest BCUT2D eigenvalue weighted by atomic mass is 32.1. The van der Waals surface area contributed by atoms with Crippen molar-refractivity contribution in [1.29, 1.82) is 0 Å². The van der Waals surface area contributed by atoms with Gasteiger partial charge in [0, 0.05) is 19.1 Å². The Hall–Kier alpha value is -1.99. The van der Waals surface area contributed by atoms with Crippen LogP contribution in [-0.2, 0) is 20.8 Å². The molecule has 0 fully saturated rings. The van der Waals surface area contributed by atoms with Crippen LogP contribution in [0.25, 0.3) is 10.2 Å². The molecule has 1 aromatic heterocycles. The molecule has 0 saturated carbocycles. The third-order valence-electron chi connectivity index (χ3n) is 3.56. The van der Waals surface area contributed by atoms with Gasteiger partial charge >= 0.3 is 5.97 Å². The second-order valence-electron chi connectivity index (χ2n) is 5.74. The van der Waals surface area contributed by atoms with E-state index >= 15 is 0 Å². The highest BCUT2D eigenvalue weighted by Crippen LogP contribution is 2.20. The third-order valence-corrected chi connectivity index (χ3v) is 4.60. The topological polar surface area (TPSA) is 69.9 Å². The molecule has 1 amide bonds. The zero-order chi connectivity index (χ0) is 18.4. The van der Waals surface area contributed by atoms with Gasteiger partial charge in [0.15, 0.2) is 4.80 Å². The molecule has 0 unspecified atom stereocenters. The van der Waals surface area contributed by atoms with E-state index in [2.05, 4.69) is 4.99 Å². The first-order valence-corrected chi connectivity index (χ1v) is 9.26. The van der Waals surface area contributed by atoms with Crippen LogP contribution in [0.2, 0.25) is 0 Å². The molecule has 7 heteroatoms. The van der Waals surface area contributed by atoms with Gasteiger partial charge in [0.05, 0.1) is 29.0 Å². The molecule has 0 aliphatic rings. The Labute approximate surface area is 151 Å². The Kier molecular flexibility index (Phi) is 6.90. The molecule has 1 heterocycles. The highest BCUT2D eigenvalue weighted by molar-refractivity contribution is 7.16. The van der Waals surface area contributed by atoms with E-state index < -0.39 is 0 Å². The number of benzene rings is 1. The number of esters is 1. The number of hydrogen-bond donors (Lipinski definition) is 0. The average molecular weight is 364 g/mol. The van der Waals surface area contributed by atoms with E-state index in [1.807, 2.05) is 31.4 Å². The van der Waals surface area contributed by atoms with Crippen molar-refractivity contribution in [3.05, 3.63) is 28.6 Å². The molecule has 0 spiro atoms. The van der Waals surface area contributed by atoms with Gasteiger partial charge in [-0.05, 0) is 32.0 Å². The molecule has 0 saturated heterocycles. The summed E-state index contributed by atoms with van der Waals surface area (Å²) in [7, 11) is 0. The fraction of sp³-hybridized carbons (Fsp3) is 0.500. The number of thiazole rings is 1. The molecule has 0 bridgehead atoms. The van der Waals surface area contributed by atoms with Gasteiger partial charge < -0.3 is 14.0 Å². The zero-order valence-corrected chi connectivity index (χ0v) is 15.9. The van der Waals surface area contributed by atoms with Crippen LogP contribution in [0.1, 0.15) is 38.1 Å². The minimum absolute atomic E-state index is 0.165. The zero-order valence-electron chi connectivity index (χ0n) is 15.1. The summed E-state index contributed by atoms with van der Waals surface area (Å²) in [6.07, 6.45) is 0. The fourth-order valence-corrected chi connectivity index (χ4v) is 3.34. The molecule has 0 aliphatic carbocycles. The van der Waals surface area contributed by atoms with Gasteiger partial charge in [-0.25, -0.2) is 4.79 Å². The maximum absolute atomic E-state index is 12.1. The second kappa shape index (κ2) is 8.92. The van der Waals surface area contributed by atoms with E-state index in [4.69, 9.17) is 9.47 Å². The monoisotopic (exact) mass is 364 g/mol. The summed E-state index contributed by atoms with van der Waals surface area (Å²) in [5.74, 6) is -0.682. The van der Waals surface area contributed by atoms with Crippen molar-refractivity contribution in [2.24, 2.45) is 10.9 Å². The summed E-state index contributed by atoms with van der Waals surface area (Å²) in [6, 6.07) is 5.38. The lowest BCUT2D eigenvalue weighted by molar-refractivity contribution is -0.120. The van der Waals surface area contributed by atoms with E-state index in [0.717, 1.165) is 10.2 Å². The Bertz CT molecular complexity index is 820. The predicted octanol–water partition coefficient (Wildman–Crippen LogP) is 3.00. The number of hydrogen-bond acceptors (Lipinski definition) is 5. The van der Waals surface area contributed by atoms with Gasteiger partial charge in [-0.2, -0.15) is 4.99 Å². The van der Waals surface area contributed by atoms with Crippen molar-refractivity contribution >= 4 is 33.4 Å². The van der Waals surface area contributed by atoms with Crippen molar-refractivity contribution in [2.75, 3.05) is 19.8 Å². The molecular formula is C18H24N2O4S. The number of fused-ring (bicyclic) bond motifs is 1. The Balaban J connectivity index is 2.51. The van der Waals surface area contributed by atoms with E-state index in [-0.39, 0.29) is 17.8 Å². The summed E-state index contributed by atoms with van der Waals surface area (Å²) in [4.78, 5) is 28.9. The molecule has 0 N–H and O–H groups in total. The van der Waals surface area contributed by atoms with Crippen LogP contribution in [0.3, 0.4) is 0 Å². The smallest absolute Gasteiger partial charge is 0.338 e. The molecule has 2 rings (SSSR count). The van der Waals surface area contributed by atoms with Gasteiger partial charge in [0.25, 0.3) is 5.91 Å². The summed E-state index contributed by atoms with van der Waals surface area (Å²) >= 11 is 1.39. The van der Waals surface area contributed by atoms with Crippen molar-refractivity contribution < 1.29 is 19.1 Å². The molecule has 6 nitrogen and oxygen atoms in total. The normalized spacial score (nSPS) is 12.1. The largest absolute Gasteiger partial charge is 0.462 e. The van der Waals surface area contributed by atoms with E-state index in [0.29, 0.717) is 36.7 Å². The number of rotatable bonds is 7. The van der Waals surface area contributed by atoms with Crippen LogP contribution < -0.4 is 4.80 Å². The highest BCUT2D eigenvalue weighted by Gasteiger charge is 2.13. The lowest BCUT2D eigenvalue weighted by Crippen LogP contribution is -2.20. The Morgan fingerprint density at radius 3 is 2.64 bits per heavy atom. The summed E-state index contributed by atoms with van der Waals surface area (Å²) < 4.78 is 13.3. The number of amides is 1. The number of carbonyl (C=O) groups excluding carboxylic acids is 2. The number of ether oxygens (including phenoxy) is 2. The molecule has 1 aromatic carbocycles. The van der Waals surface area contributed by atoms with Crippen LogP contribution in [0.4, 0.5) is 0 Å². The van der Waals surface area contributed by atoms with Gasteiger partial charge in [-0.15, -0.1) is 0 Å². The quantitative estimate of drug-likeness (QED) is 0.559. The lowest BCUT2D eigenvalue weighted by atomic mass is 10.2. The van der Waals surface area contributed by atoms with Gasteiger partial charge in [0.2, 0.25) is 0 Å². The first-order chi connectivity index (χ1) is 12.0. The summed E-state index contributed by atoms with van der Waals surface area (Å²) in [5, 5.41) is 0. The molecule has 136 valence electrons. The predicted molar refractivity (Wildman–Crippen MR) is 97.7 cm³/mol. The van der Waals surface area contributed by atoms with Crippen LogP contribution in [0, 0.1) is 5.92 Å². The average Bonchev–Trinajstić information content (AvgIpc) is 2.91. The fourth-order valence-electron chi connectivity index (χ4n) is 2.24.